The molecule has 0 bridgehead atoms. The van der Waals surface area contributed by atoms with E-state index in [2.05, 4.69) is 15.4 Å². The second-order valence-corrected chi connectivity index (χ2v) is 6.28. The number of amides is 1. The molecule has 0 aliphatic heterocycles. The predicted octanol–water partition coefficient (Wildman–Crippen LogP) is 2.99. The van der Waals surface area contributed by atoms with E-state index in [9.17, 15) is 9.59 Å². The first-order chi connectivity index (χ1) is 12.9. The molecular weight excluding hydrogens is 344 g/mol. The molecule has 0 atom stereocenters. The fraction of sp³-hybridized carbons (Fsp3) is 0.200. The molecule has 1 N–H and O–H groups in total. The van der Waals surface area contributed by atoms with Gasteiger partial charge >= 0.3 is 5.97 Å². The Morgan fingerprint density at radius 2 is 1.74 bits per heavy atom. The zero-order valence-electron chi connectivity index (χ0n) is 15.4. The molecule has 27 heavy (non-hydrogen) atoms. The highest BCUT2D eigenvalue weighted by atomic mass is 16.5. The number of carbonyl (C=O) groups is 2. The van der Waals surface area contributed by atoms with Crippen LogP contribution in [0.25, 0.3) is 5.69 Å². The molecule has 1 heterocycles. The van der Waals surface area contributed by atoms with Gasteiger partial charge in [-0.1, -0.05) is 17.7 Å². The van der Waals surface area contributed by atoms with Crippen LogP contribution in [0.3, 0.4) is 0 Å². The van der Waals surface area contributed by atoms with E-state index in [1.165, 1.54) is 6.33 Å². The van der Waals surface area contributed by atoms with Gasteiger partial charge in [0, 0.05) is 5.69 Å². The number of carbonyl (C=O) groups excluding carboxylic acids is 2. The first kappa shape index (κ1) is 18.3. The molecule has 0 fully saturated rings. The number of anilines is 1. The van der Waals surface area contributed by atoms with Gasteiger partial charge in [-0.15, -0.1) is 0 Å². The lowest BCUT2D eigenvalue weighted by Crippen LogP contribution is -2.22. The van der Waals surface area contributed by atoms with Gasteiger partial charge in [-0.05, 0) is 56.2 Å². The molecule has 2 aromatic carbocycles. The van der Waals surface area contributed by atoms with Crippen molar-refractivity contribution >= 4 is 17.6 Å². The topological polar surface area (TPSA) is 86.1 Å². The van der Waals surface area contributed by atoms with E-state index in [1.807, 2.05) is 32.9 Å². The molecule has 1 amide bonds. The molecule has 138 valence electrons. The van der Waals surface area contributed by atoms with Gasteiger partial charge in [0.2, 0.25) is 0 Å². The molecule has 0 saturated carbocycles. The van der Waals surface area contributed by atoms with E-state index in [-0.39, 0.29) is 12.5 Å². The highest BCUT2D eigenvalue weighted by molar-refractivity contribution is 5.96. The molecule has 0 unspecified atom stereocenters. The van der Waals surface area contributed by atoms with Gasteiger partial charge in [-0.3, -0.25) is 4.79 Å². The van der Waals surface area contributed by atoms with Crippen LogP contribution in [-0.4, -0.2) is 33.2 Å². The minimum Gasteiger partial charge on any atom is -0.452 e. The zero-order valence-corrected chi connectivity index (χ0v) is 15.4. The summed E-state index contributed by atoms with van der Waals surface area (Å²) in [6.07, 6.45) is 2.99. The van der Waals surface area contributed by atoms with Gasteiger partial charge in [0.25, 0.3) is 5.91 Å². The predicted molar refractivity (Wildman–Crippen MR) is 101 cm³/mol. The second kappa shape index (κ2) is 7.82. The maximum Gasteiger partial charge on any atom is 0.338 e. The number of hydrogen-bond acceptors (Lipinski definition) is 5. The number of hydrogen-bond donors (Lipinski definition) is 1. The quantitative estimate of drug-likeness (QED) is 0.704. The molecule has 0 radical (unpaired) electrons. The number of aryl methyl sites for hydroxylation is 3. The zero-order chi connectivity index (χ0) is 19.4. The number of nitrogens with zero attached hydrogens (tertiary/aromatic N) is 3. The average Bonchev–Trinajstić information content (AvgIpc) is 3.17. The molecule has 0 saturated heterocycles. The number of nitrogens with one attached hydrogen (secondary N) is 1. The Kier molecular flexibility index (Phi) is 5.30. The van der Waals surface area contributed by atoms with Gasteiger partial charge in [-0.2, -0.15) is 5.10 Å². The Labute approximate surface area is 157 Å². The van der Waals surface area contributed by atoms with Gasteiger partial charge in [0.05, 0.1) is 11.3 Å². The van der Waals surface area contributed by atoms with E-state index in [4.69, 9.17) is 4.74 Å². The summed E-state index contributed by atoms with van der Waals surface area (Å²) in [6.45, 7) is 5.51. The van der Waals surface area contributed by atoms with Crippen molar-refractivity contribution in [3.8, 4) is 5.69 Å². The van der Waals surface area contributed by atoms with Crippen molar-refractivity contribution in [2.45, 2.75) is 20.8 Å². The Balaban J connectivity index is 1.58. The highest BCUT2D eigenvalue weighted by Gasteiger charge is 2.13. The van der Waals surface area contributed by atoms with E-state index < -0.39 is 5.97 Å². The van der Waals surface area contributed by atoms with Crippen LogP contribution >= 0.6 is 0 Å². The van der Waals surface area contributed by atoms with Crippen LogP contribution in [0.1, 0.15) is 27.0 Å². The molecule has 7 heteroatoms. The number of aromatic nitrogens is 3. The first-order valence-corrected chi connectivity index (χ1v) is 8.44. The molecule has 1 aromatic heterocycles. The van der Waals surface area contributed by atoms with Crippen LogP contribution < -0.4 is 5.32 Å². The molecule has 7 nitrogen and oxygen atoms in total. The Morgan fingerprint density at radius 3 is 2.33 bits per heavy atom. The summed E-state index contributed by atoms with van der Waals surface area (Å²) >= 11 is 0. The van der Waals surface area contributed by atoms with E-state index in [0.29, 0.717) is 5.56 Å². The Morgan fingerprint density at radius 1 is 1.07 bits per heavy atom. The van der Waals surface area contributed by atoms with Crippen LogP contribution in [0.5, 0.6) is 0 Å². The highest BCUT2D eigenvalue weighted by Crippen LogP contribution is 2.21. The minimum atomic E-state index is -0.562. The lowest BCUT2D eigenvalue weighted by atomic mass is 10.1. The van der Waals surface area contributed by atoms with Crippen molar-refractivity contribution in [1.29, 1.82) is 0 Å². The summed E-state index contributed by atoms with van der Waals surface area (Å²) in [5, 5.41) is 6.82. The smallest absolute Gasteiger partial charge is 0.338 e. The van der Waals surface area contributed by atoms with Crippen molar-refractivity contribution in [3.05, 3.63) is 71.3 Å². The summed E-state index contributed by atoms with van der Waals surface area (Å²) < 4.78 is 6.69. The molecular formula is C20H20N4O3. The van der Waals surface area contributed by atoms with Crippen molar-refractivity contribution < 1.29 is 14.3 Å². The van der Waals surface area contributed by atoms with Gasteiger partial charge in [0.1, 0.15) is 12.7 Å². The van der Waals surface area contributed by atoms with Crippen molar-refractivity contribution in [2.24, 2.45) is 0 Å². The summed E-state index contributed by atoms with van der Waals surface area (Å²) in [4.78, 5) is 28.2. The maximum atomic E-state index is 12.1. The van der Waals surface area contributed by atoms with Crippen LogP contribution in [0, 0.1) is 20.8 Å². The molecule has 3 aromatic rings. The summed E-state index contributed by atoms with van der Waals surface area (Å²) in [5.41, 5.74) is 4.94. The fourth-order valence-corrected chi connectivity index (χ4v) is 2.86. The molecule has 0 aliphatic carbocycles. The lowest BCUT2D eigenvalue weighted by Gasteiger charge is -2.13. The van der Waals surface area contributed by atoms with Crippen molar-refractivity contribution in [3.63, 3.8) is 0 Å². The van der Waals surface area contributed by atoms with Crippen molar-refractivity contribution in [1.82, 2.24) is 14.8 Å². The third-order valence-electron chi connectivity index (χ3n) is 4.06. The number of ether oxygens (including phenoxy) is 1. The normalized spacial score (nSPS) is 10.5. The van der Waals surface area contributed by atoms with E-state index in [0.717, 1.165) is 28.1 Å². The lowest BCUT2D eigenvalue weighted by molar-refractivity contribution is -0.119. The van der Waals surface area contributed by atoms with Crippen LogP contribution in [0.15, 0.2) is 49.1 Å². The monoisotopic (exact) mass is 364 g/mol. The molecule has 0 aliphatic rings. The minimum absolute atomic E-state index is 0.351. The van der Waals surface area contributed by atoms with Gasteiger partial charge < -0.3 is 10.1 Å². The fourth-order valence-electron chi connectivity index (χ4n) is 2.86. The molecule has 0 spiro atoms. The van der Waals surface area contributed by atoms with Gasteiger partial charge in [0.15, 0.2) is 6.61 Å². The molecule has 3 rings (SSSR count). The average molecular weight is 364 g/mol. The summed E-state index contributed by atoms with van der Waals surface area (Å²) in [7, 11) is 0. The number of rotatable bonds is 5. The van der Waals surface area contributed by atoms with E-state index >= 15 is 0 Å². The summed E-state index contributed by atoms with van der Waals surface area (Å²) in [6, 6.07) is 10.7. The number of benzene rings is 2. The second-order valence-electron chi connectivity index (χ2n) is 6.28. The van der Waals surface area contributed by atoms with E-state index in [1.54, 1.807) is 35.3 Å². The number of esters is 1. The van der Waals surface area contributed by atoms with Crippen LogP contribution in [0.4, 0.5) is 5.69 Å². The van der Waals surface area contributed by atoms with Crippen LogP contribution in [0.2, 0.25) is 0 Å². The standard InChI is InChI=1S/C20H20N4O3/c1-13-8-14(2)19(15(3)9-13)23-18(25)10-27-20(26)16-4-6-17(7-5-16)24-12-21-11-22-24/h4-9,11-12H,10H2,1-3H3,(H,23,25). The Hall–Kier alpha value is -3.48. The third kappa shape index (κ3) is 4.38. The summed E-state index contributed by atoms with van der Waals surface area (Å²) in [5.74, 6) is -0.940. The maximum absolute atomic E-state index is 12.1. The van der Waals surface area contributed by atoms with Gasteiger partial charge in [-0.25, -0.2) is 14.5 Å². The Bertz CT molecular complexity index is 940. The third-order valence-corrected chi connectivity index (χ3v) is 4.06. The van der Waals surface area contributed by atoms with Crippen LogP contribution in [-0.2, 0) is 9.53 Å². The first-order valence-electron chi connectivity index (χ1n) is 8.44. The SMILES string of the molecule is Cc1cc(C)c(NC(=O)COC(=O)c2ccc(-n3cncn3)cc2)c(C)c1. The largest absolute Gasteiger partial charge is 0.452 e. The van der Waals surface area contributed by atoms with Crippen molar-refractivity contribution in [2.75, 3.05) is 11.9 Å².